The van der Waals surface area contributed by atoms with Crippen LogP contribution >= 0.6 is 0 Å². The number of aromatic amines is 1. The van der Waals surface area contributed by atoms with Crippen molar-refractivity contribution >= 4 is 23.2 Å². The van der Waals surface area contributed by atoms with Crippen LogP contribution in [0.1, 0.15) is 28.9 Å². The Morgan fingerprint density at radius 2 is 2.15 bits per heavy atom. The first-order valence-corrected chi connectivity index (χ1v) is 11.0. The first-order chi connectivity index (χ1) is 16.5. The number of rotatable bonds is 3. The second kappa shape index (κ2) is 9.05. The standard InChI is InChI=1S/C24H24FN5O4/c1-33-23-15(25)4-2-5-16(23)29-22-20-17-10-13(28-24(20)32)11-27-19(31)6-3-9-34-18-12-26-8-7-14(18)21(22)30-17/h2,4-5,7-8,12-13,29-30H,3,6,9-11H2,1H3,(H,27,31)(H,28,32)/t13-/m0/s1. The SMILES string of the molecule is COc1c(F)cccc1Nc1c2[nH]c3c1C(=O)N[C@H](CNC(=O)CCCOc1cnccc1-2)C3. The maximum absolute atomic E-state index is 14.4. The fourth-order valence-corrected chi connectivity index (χ4v) is 4.35. The van der Waals surface area contributed by atoms with Gasteiger partial charge in [0, 0.05) is 36.8 Å². The number of hydrogen-bond acceptors (Lipinski definition) is 6. The van der Waals surface area contributed by atoms with E-state index in [0.717, 1.165) is 0 Å². The van der Waals surface area contributed by atoms with Crippen molar-refractivity contribution < 1.29 is 23.5 Å². The van der Waals surface area contributed by atoms with Crippen molar-refractivity contribution in [2.45, 2.75) is 25.3 Å². The Bertz CT molecular complexity index is 1260. The van der Waals surface area contributed by atoms with Crippen LogP contribution < -0.4 is 25.4 Å². The number of carbonyl (C=O) groups is 2. The molecule has 10 heteroatoms. The van der Waals surface area contributed by atoms with Gasteiger partial charge < -0.3 is 30.4 Å². The van der Waals surface area contributed by atoms with Gasteiger partial charge in [-0.1, -0.05) is 6.07 Å². The number of ether oxygens (including phenoxy) is 2. The van der Waals surface area contributed by atoms with Crippen molar-refractivity contribution in [3.05, 3.63) is 53.7 Å². The fraction of sp³-hybridized carbons (Fsp3) is 0.292. The van der Waals surface area contributed by atoms with Crippen LogP contribution in [0.25, 0.3) is 11.3 Å². The monoisotopic (exact) mass is 465 g/mol. The molecule has 1 aromatic carbocycles. The Morgan fingerprint density at radius 3 is 3.00 bits per heavy atom. The molecule has 0 radical (unpaired) electrons. The van der Waals surface area contributed by atoms with E-state index in [4.69, 9.17) is 9.47 Å². The Morgan fingerprint density at radius 1 is 1.26 bits per heavy atom. The number of pyridine rings is 1. The maximum Gasteiger partial charge on any atom is 0.255 e. The zero-order chi connectivity index (χ0) is 23.7. The number of anilines is 2. The molecule has 0 spiro atoms. The molecule has 5 rings (SSSR count). The van der Waals surface area contributed by atoms with Gasteiger partial charge in [-0.3, -0.25) is 14.6 Å². The summed E-state index contributed by atoms with van der Waals surface area (Å²) in [6.45, 7) is 0.647. The summed E-state index contributed by atoms with van der Waals surface area (Å²) in [4.78, 5) is 32.9. The van der Waals surface area contributed by atoms with Crippen LogP contribution in [0.2, 0.25) is 0 Å². The summed E-state index contributed by atoms with van der Waals surface area (Å²) in [6.07, 6.45) is 4.56. The highest BCUT2D eigenvalue weighted by atomic mass is 19.1. The molecule has 3 aromatic rings. The van der Waals surface area contributed by atoms with Crippen molar-refractivity contribution in [1.82, 2.24) is 20.6 Å². The van der Waals surface area contributed by atoms with E-state index < -0.39 is 5.82 Å². The van der Waals surface area contributed by atoms with Gasteiger partial charge in [-0.25, -0.2) is 4.39 Å². The quantitative estimate of drug-likeness (QED) is 0.473. The number of aromatic nitrogens is 2. The molecule has 4 N–H and O–H groups in total. The van der Waals surface area contributed by atoms with E-state index in [1.807, 2.05) is 0 Å². The third-order valence-corrected chi connectivity index (χ3v) is 5.93. The largest absolute Gasteiger partial charge is 0.492 e. The minimum Gasteiger partial charge on any atom is -0.492 e. The number of halogens is 1. The highest BCUT2D eigenvalue weighted by molar-refractivity contribution is 6.07. The summed E-state index contributed by atoms with van der Waals surface area (Å²) < 4.78 is 25.6. The molecule has 2 aromatic heterocycles. The predicted molar refractivity (Wildman–Crippen MR) is 123 cm³/mol. The highest BCUT2D eigenvalue weighted by Gasteiger charge is 2.33. The molecule has 0 fully saturated rings. The molecule has 0 unspecified atom stereocenters. The Hall–Kier alpha value is -4.08. The van der Waals surface area contributed by atoms with E-state index >= 15 is 0 Å². The van der Waals surface area contributed by atoms with Crippen LogP contribution in [0.4, 0.5) is 15.8 Å². The third-order valence-electron chi connectivity index (χ3n) is 5.93. The van der Waals surface area contributed by atoms with E-state index in [1.165, 1.54) is 13.2 Å². The van der Waals surface area contributed by atoms with Gasteiger partial charge >= 0.3 is 0 Å². The molecule has 2 amide bonds. The molecule has 2 aliphatic rings. The van der Waals surface area contributed by atoms with Crippen LogP contribution in [0.5, 0.6) is 11.5 Å². The zero-order valence-corrected chi connectivity index (χ0v) is 18.5. The highest BCUT2D eigenvalue weighted by Crippen LogP contribution is 2.42. The number of methoxy groups -OCH3 is 1. The lowest BCUT2D eigenvalue weighted by Gasteiger charge is -2.24. The molecule has 2 aliphatic heterocycles. The minimum absolute atomic E-state index is 0.0392. The van der Waals surface area contributed by atoms with Crippen molar-refractivity contribution in [3.63, 3.8) is 0 Å². The summed E-state index contributed by atoms with van der Waals surface area (Å²) in [7, 11) is 1.39. The number of para-hydroxylation sites is 1. The zero-order valence-electron chi connectivity index (χ0n) is 18.5. The van der Waals surface area contributed by atoms with Gasteiger partial charge in [0.05, 0.1) is 48.6 Å². The molecule has 0 saturated heterocycles. The summed E-state index contributed by atoms with van der Waals surface area (Å²) in [5, 5.41) is 9.06. The van der Waals surface area contributed by atoms with E-state index in [0.29, 0.717) is 72.1 Å². The first kappa shape index (κ1) is 21.7. The van der Waals surface area contributed by atoms with Crippen LogP contribution in [-0.4, -0.2) is 48.1 Å². The van der Waals surface area contributed by atoms with Crippen LogP contribution in [0, 0.1) is 5.82 Å². The lowest BCUT2D eigenvalue weighted by atomic mass is 10.00. The van der Waals surface area contributed by atoms with Gasteiger partial charge in [0.2, 0.25) is 5.91 Å². The van der Waals surface area contributed by atoms with Crippen molar-refractivity contribution in [2.75, 3.05) is 25.6 Å². The van der Waals surface area contributed by atoms with Crippen LogP contribution in [-0.2, 0) is 11.2 Å². The number of fused-ring (bicyclic) bond motifs is 4. The van der Waals surface area contributed by atoms with Gasteiger partial charge in [0.15, 0.2) is 11.6 Å². The Balaban J connectivity index is 1.67. The molecular weight excluding hydrogens is 441 g/mol. The topological polar surface area (TPSA) is 117 Å². The molecule has 9 nitrogen and oxygen atoms in total. The second-order valence-electron chi connectivity index (χ2n) is 8.18. The van der Waals surface area contributed by atoms with Crippen molar-refractivity contribution in [1.29, 1.82) is 0 Å². The number of benzene rings is 1. The molecular formula is C24H24FN5O4. The summed E-state index contributed by atoms with van der Waals surface area (Å²) in [5.74, 6) is -0.376. The number of amides is 2. The predicted octanol–water partition coefficient (Wildman–Crippen LogP) is 2.91. The number of hydrogen-bond donors (Lipinski definition) is 4. The lowest BCUT2D eigenvalue weighted by Crippen LogP contribution is -2.48. The maximum atomic E-state index is 14.4. The molecule has 0 saturated carbocycles. The number of nitrogens with zero attached hydrogens (tertiary/aromatic N) is 1. The second-order valence-corrected chi connectivity index (χ2v) is 8.18. The average Bonchev–Trinajstić information content (AvgIpc) is 3.19. The minimum atomic E-state index is -0.523. The Labute approximate surface area is 195 Å². The number of H-pyrrole nitrogens is 1. The van der Waals surface area contributed by atoms with Crippen molar-refractivity contribution in [3.8, 4) is 22.8 Å². The molecule has 3 bridgehead atoms. The lowest BCUT2D eigenvalue weighted by molar-refractivity contribution is -0.121. The molecule has 176 valence electrons. The van der Waals surface area contributed by atoms with Crippen LogP contribution in [0.3, 0.4) is 0 Å². The van der Waals surface area contributed by atoms with Gasteiger partial charge in [-0.15, -0.1) is 0 Å². The van der Waals surface area contributed by atoms with E-state index in [9.17, 15) is 14.0 Å². The van der Waals surface area contributed by atoms with Gasteiger partial charge in [-0.05, 0) is 24.6 Å². The number of nitrogens with one attached hydrogen (secondary N) is 4. The summed E-state index contributed by atoms with van der Waals surface area (Å²) >= 11 is 0. The van der Waals surface area contributed by atoms with Gasteiger partial charge in [-0.2, -0.15) is 0 Å². The smallest absolute Gasteiger partial charge is 0.255 e. The number of carbonyl (C=O) groups excluding carboxylic acids is 2. The Kier molecular flexibility index (Phi) is 5.79. The molecule has 34 heavy (non-hydrogen) atoms. The van der Waals surface area contributed by atoms with E-state index in [-0.39, 0.29) is 23.6 Å². The van der Waals surface area contributed by atoms with Gasteiger partial charge in [0.1, 0.15) is 5.75 Å². The first-order valence-electron chi connectivity index (χ1n) is 11.0. The van der Waals surface area contributed by atoms with Crippen LogP contribution in [0.15, 0.2) is 36.7 Å². The van der Waals surface area contributed by atoms with E-state index in [1.54, 1.807) is 30.6 Å². The molecule has 0 aliphatic carbocycles. The molecule has 4 heterocycles. The molecule has 1 atom stereocenters. The summed E-state index contributed by atoms with van der Waals surface area (Å²) in [5.41, 5.74) is 3.28. The summed E-state index contributed by atoms with van der Waals surface area (Å²) in [6, 6.07) is 6.07. The normalized spacial score (nSPS) is 17.6. The van der Waals surface area contributed by atoms with E-state index in [2.05, 4.69) is 25.9 Å². The van der Waals surface area contributed by atoms with Gasteiger partial charge in [0.25, 0.3) is 5.91 Å². The fourth-order valence-electron chi connectivity index (χ4n) is 4.35. The average molecular weight is 465 g/mol. The van der Waals surface area contributed by atoms with Crippen molar-refractivity contribution in [2.24, 2.45) is 0 Å². The third kappa shape index (κ3) is 4.02.